The third-order valence-electron chi connectivity index (χ3n) is 3.70. The zero-order valence-electron chi connectivity index (χ0n) is 13.6. The Labute approximate surface area is 134 Å². The van der Waals surface area contributed by atoms with E-state index in [2.05, 4.69) is 20.4 Å². The summed E-state index contributed by atoms with van der Waals surface area (Å²) in [7, 11) is 5.13. The monoisotopic (exact) mass is 313 g/mol. The second-order valence-electron chi connectivity index (χ2n) is 5.17. The minimum atomic E-state index is 0.612. The first-order valence-electron chi connectivity index (χ1n) is 7.23. The van der Waals surface area contributed by atoms with E-state index in [1.165, 1.54) is 0 Å². The van der Waals surface area contributed by atoms with Gasteiger partial charge in [0.2, 0.25) is 0 Å². The minimum Gasteiger partial charge on any atom is -0.493 e. The summed E-state index contributed by atoms with van der Waals surface area (Å²) in [5.74, 6) is 2.19. The van der Waals surface area contributed by atoms with Gasteiger partial charge in [-0.05, 0) is 24.6 Å². The van der Waals surface area contributed by atoms with Crippen LogP contribution in [0.1, 0.15) is 11.3 Å². The van der Waals surface area contributed by atoms with E-state index in [0.29, 0.717) is 18.0 Å². The van der Waals surface area contributed by atoms with Gasteiger partial charge in [-0.3, -0.25) is 4.68 Å². The summed E-state index contributed by atoms with van der Waals surface area (Å²) in [5, 5.41) is 8.68. The van der Waals surface area contributed by atoms with Crippen LogP contribution in [0.25, 0.3) is 11.0 Å². The fourth-order valence-corrected chi connectivity index (χ4v) is 2.59. The minimum absolute atomic E-state index is 0.612. The summed E-state index contributed by atoms with van der Waals surface area (Å²) in [6, 6.07) is 5.82. The molecule has 0 saturated carbocycles. The maximum absolute atomic E-state index is 5.33. The summed E-state index contributed by atoms with van der Waals surface area (Å²) >= 11 is 0. The van der Waals surface area contributed by atoms with Gasteiger partial charge in [-0.2, -0.15) is 5.10 Å². The summed E-state index contributed by atoms with van der Waals surface area (Å²) in [5.41, 5.74) is 2.78. The predicted octanol–water partition coefficient (Wildman–Crippen LogP) is 2.30. The largest absolute Gasteiger partial charge is 0.493 e. The van der Waals surface area contributed by atoms with Gasteiger partial charge in [-0.15, -0.1) is 0 Å². The molecule has 3 aromatic rings. The van der Waals surface area contributed by atoms with Gasteiger partial charge in [0.25, 0.3) is 0 Å². The molecule has 0 bridgehead atoms. The lowest BCUT2D eigenvalue weighted by atomic mass is 10.2. The van der Waals surface area contributed by atoms with Crippen LogP contribution in [0.15, 0.2) is 24.5 Å². The SMILES string of the molecule is COc1ccc(CNc2ncnc3c2c(C)nn3C)cc1OC. The molecule has 0 amide bonds. The van der Waals surface area contributed by atoms with Gasteiger partial charge in [0.05, 0.1) is 25.3 Å². The molecule has 0 aliphatic carbocycles. The van der Waals surface area contributed by atoms with Crippen molar-refractivity contribution in [2.75, 3.05) is 19.5 Å². The first-order chi connectivity index (χ1) is 11.1. The van der Waals surface area contributed by atoms with Crippen LogP contribution in [0.2, 0.25) is 0 Å². The van der Waals surface area contributed by atoms with Gasteiger partial charge in [0, 0.05) is 13.6 Å². The van der Waals surface area contributed by atoms with E-state index in [0.717, 1.165) is 28.1 Å². The highest BCUT2D eigenvalue weighted by atomic mass is 16.5. The molecule has 0 saturated heterocycles. The van der Waals surface area contributed by atoms with E-state index in [1.807, 2.05) is 32.2 Å². The van der Waals surface area contributed by atoms with Crippen molar-refractivity contribution in [3.05, 3.63) is 35.8 Å². The van der Waals surface area contributed by atoms with E-state index in [9.17, 15) is 0 Å². The molecule has 7 nitrogen and oxygen atoms in total. The fourth-order valence-electron chi connectivity index (χ4n) is 2.59. The van der Waals surface area contributed by atoms with E-state index in [4.69, 9.17) is 9.47 Å². The van der Waals surface area contributed by atoms with Crippen molar-refractivity contribution in [1.29, 1.82) is 0 Å². The van der Waals surface area contributed by atoms with Gasteiger partial charge >= 0.3 is 0 Å². The highest BCUT2D eigenvalue weighted by molar-refractivity contribution is 5.89. The van der Waals surface area contributed by atoms with Crippen LogP contribution < -0.4 is 14.8 Å². The molecule has 2 heterocycles. The van der Waals surface area contributed by atoms with Crippen LogP contribution in [-0.2, 0) is 13.6 Å². The topological polar surface area (TPSA) is 74.1 Å². The van der Waals surface area contributed by atoms with E-state index in [1.54, 1.807) is 25.2 Å². The summed E-state index contributed by atoms with van der Waals surface area (Å²) in [6.45, 7) is 2.56. The number of fused-ring (bicyclic) bond motifs is 1. The lowest BCUT2D eigenvalue weighted by Gasteiger charge is -2.11. The lowest BCUT2D eigenvalue weighted by Crippen LogP contribution is -2.03. The molecule has 7 heteroatoms. The number of nitrogens with zero attached hydrogens (tertiary/aromatic N) is 4. The number of anilines is 1. The number of hydrogen-bond acceptors (Lipinski definition) is 6. The molecule has 0 unspecified atom stereocenters. The van der Waals surface area contributed by atoms with E-state index >= 15 is 0 Å². The lowest BCUT2D eigenvalue weighted by molar-refractivity contribution is 0.354. The Morgan fingerprint density at radius 2 is 1.91 bits per heavy atom. The van der Waals surface area contributed by atoms with Crippen LogP contribution in [-0.4, -0.2) is 34.0 Å². The molecule has 0 radical (unpaired) electrons. The highest BCUT2D eigenvalue weighted by Gasteiger charge is 2.12. The Bertz CT molecular complexity index is 844. The number of benzene rings is 1. The van der Waals surface area contributed by atoms with Crippen LogP contribution in [0.5, 0.6) is 11.5 Å². The average Bonchev–Trinajstić information content (AvgIpc) is 2.87. The second kappa shape index (κ2) is 6.12. The zero-order chi connectivity index (χ0) is 16.4. The number of aryl methyl sites for hydroxylation is 2. The Morgan fingerprint density at radius 1 is 1.13 bits per heavy atom. The molecule has 0 aliphatic rings. The van der Waals surface area contributed by atoms with Crippen molar-refractivity contribution >= 4 is 16.9 Å². The quantitative estimate of drug-likeness (QED) is 0.779. The smallest absolute Gasteiger partial charge is 0.163 e. The maximum atomic E-state index is 5.33. The van der Waals surface area contributed by atoms with E-state index < -0.39 is 0 Å². The molecule has 1 aromatic carbocycles. The third kappa shape index (κ3) is 2.77. The number of methoxy groups -OCH3 is 2. The Hall–Kier alpha value is -2.83. The third-order valence-corrected chi connectivity index (χ3v) is 3.70. The molecule has 0 spiro atoms. The summed E-state index contributed by atoms with van der Waals surface area (Å²) in [6.07, 6.45) is 1.54. The molecule has 23 heavy (non-hydrogen) atoms. The molecule has 0 aliphatic heterocycles. The normalized spacial score (nSPS) is 10.8. The standard InChI is InChI=1S/C16H19N5O2/c1-10-14-15(18-9-19-16(14)21(2)20-10)17-8-11-5-6-12(22-3)13(7-11)23-4/h5-7,9H,8H2,1-4H3,(H,17,18,19). The number of hydrogen-bond donors (Lipinski definition) is 1. The van der Waals surface area contributed by atoms with Crippen LogP contribution >= 0.6 is 0 Å². The zero-order valence-corrected chi connectivity index (χ0v) is 13.6. The number of ether oxygens (including phenoxy) is 2. The molecule has 0 atom stereocenters. The average molecular weight is 313 g/mol. The molecule has 2 aromatic heterocycles. The van der Waals surface area contributed by atoms with Crippen LogP contribution in [0.4, 0.5) is 5.82 Å². The van der Waals surface area contributed by atoms with Crippen molar-refractivity contribution in [3.63, 3.8) is 0 Å². The van der Waals surface area contributed by atoms with Crippen molar-refractivity contribution in [2.24, 2.45) is 7.05 Å². The fraction of sp³-hybridized carbons (Fsp3) is 0.312. The molecule has 1 N–H and O–H groups in total. The Morgan fingerprint density at radius 3 is 2.65 bits per heavy atom. The predicted molar refractivity (Wildman–Crippen MR) is 87.9 cm³/mol. The van der Waals surface area contributed by atoms with Crippen LogP contribution in [0, 0.1) is 6.92 Å². The van der Waals surface area contributed by atoms with Crippen molar-refractivity contribution in [3.8, 4) is 11.5 Å². The van der Waals surface area contributed by atoms with Crippen LogP contribution in [0.3, 0.4) is 0 Å². The number of aromatic nitrogens is 4. The van der Waals surface area contributed by atoms with Crippen molar-refractivity contribution < 1.29 is 9.47 Å². The van der Waals surface area contributed by atoms with Gasteiger partial charge < -0.3 is 14.8 Å². The number of rotatable bonds is 5. The van der Waals surface area contributed by atoms with Crippen molar-refractivity contribution in [1.82, 2.24) is 19.7 Å². The first kappa shape index (κ1) is 15.1. The molecule has 0 fully saturated rings. The molecule has 3 rings (SSSR count). The van der Waals surface area contributed by atoms with E-state index in [-0.39, 0.29) is 0 Å². The maximum Gasteiger partial charge on any atom is 0.163 e. The Balaban J connectivity index is 1.87. The summed E-state index contributed by atoms with van der Waals surface area (Å²) in [4.78, 5) is 8.62. The van der Waals surface area contributed by atoms with Gasteiger partial charge in [-0.25, -0.2) is 9.97 Å². The van der Waals surface area contributed by atoms with Gasteiger partial charge in [0.15, 0.2) is 17.1 Å². The van der Waals surface area contributed by atoms with Crippen molar-refractivity contribution in [2.45, 2.75) is 13.5 Å². The second-order valence-corrected chi connectivity index (χ2v) is 5.17. The molecular weight excluding hydrogens is 294 g/mol. The Kier molecular flexibility index (Phi) is 4.01. The van der Waals surface area contributed by atoms with Gasteiger partial charge in [-0.1, -0.05) is 6.07 Å². The molecule has 120 valence electrons. The first-order valence-corrected chi connectivity index (χ1v) is 7.23. The highest BCUT2D eigenvalue weighted by Crippen LogP contribution is 2.28. The molecular formula is C16H19N5O2. The van der Waals surface area contributed by atoms with Gasteiger partial charge in [0.1, 0.15) is 12.1 Å². The number of nitrogens with one attached hydrogen (secondary N) is 1. The summed E-state index contributed by atoms with van der Waals surface area (Å²) < 4.78 is 12.3.